The van der Waals surface area contributed by atoms with E-state index in [1.807, 2.05) is 6.92 Å². The minimum absolute atomic E-state index is 0.591. The van der Waals surface area contributed by atoms with E-state index >= 15 is 0 Å². The number of hydrogen-bond donors (Lipinski definition) is 1. The normalized spacial score (nSPS) is 16.3. The smallest absolute Gasteiger partial charge is 0.183 e. The molecule has 0 heterocycles. The zero-order valence-electron chi connectivity index (χ0n) is 6.78. The van der Waals surface area contributed by atoms with Crippen molar-refractivity contribution in [2.75, 3.05) is 26.1 Å². The fraction of sp³-hybridized carbons (Fsp3) is 1.00. The van der Waals surface area contributed by atoms with Gasteiger partial charge in [-0.2, -0.15) is 0 Å². The van der Waals surface area contributed by atoms with E-state index in [0.29, 0.717) is 13.2 Å². The molecule has 0 aromatic heterocycles. The average Bonchev–Trinajstić information content (AvgIpc) is 1.87. The minimum atomic E-state index is -2.05. The number of nitrogens with two attached hydrogens (primary N) is 1. The molecule has 0 fully saturated rings. The van der Waals surface area contributed by atoms with Gasteiger partial charge in [0.2, 0.25) is 0 Å². The zero-order chi connectivity index (χ0) is 8.74. The summed E-state index contributed by atoms with van der Waals surface area (Å²) in [5.41, 5.74) is 3.63. The molecule has 1 atom stereocenters. The van der Waals surface area contributed by atoms with Gasteiger partial charge >= 0.3 is 0 Å². The van der Waals surface area contributed by atoms with Gasteiger partial charge in [-0.15, -0.1) is 0 Å². The van der Waals surface area contributed by atoms with Gasteiger partial charge in [0.1, 0.15) is 0 Å². The van der Waals surface area contributed by atoms with E-state index < -0.39 is 5.62 Å². The first kappa shape index (κ1) is 11.9. The van der Waals surface area contributed by atoms with Gasteiger partial charge in [-0.05, 0) is 18.7 Å². The van der Waals surface area contributed by atoms with Gasteiger partial charge in [0.05, 0.1) is 13.2 Å². The Morgan fingerprint density at radius 1 is 1.64 bits per heavy atom. The molecule has 0 saturated heterocycles. The van der Waals surface area contributed by atoms with E-state index in [9.17, 15) is 0 Å². The van der Waals surface area contributed by atoms with Crippen LogP contribution < -0.4 is 5.50 Å². The fourth-order valence-electron chi connectivity index (χ4n) is 0.465. The van der Waals surface area contributed by atoms with E-state index in [1.54, 1.807) is 7.11 Å². The molecular weight excluding hydrogens is 201 g/mol. The summed E-state index contributed by atoms with van der Waals surface area (Å²) in [6.07, 6.45) is 0. The fourth-order valence-corrected chi connectivity index (χ4v) is 3.91. The van der Waals surface area contributed by atoms with Crippen molar-refractivity contribution in [1.29, 1.82) is 0 Å². The molecule has 0 radical (unpaired) electrons. The van der Waals surface area contributed by atoms with Crippen molar-refractivity contribution >= 4 is 28.8 Å². The number of rotatable bonds is 6. The summed E-state index contributed by atoms with van der Waals surface area (Å²) in [4.78, 5) is 0. The van der Waals surface area contributed by atoms with Gasteiger partial charge in [-0.3, -0.25) is 5.50 Å². The van der Waals surface area contributed by atoms with Crippen LogP contribution in [0, 0.1) is 0 Å². The van der Waals surface area contributed by atoms with E-state index in [2.05, 4.69) is 0 Å². The third-order valence-electron chi connectivity index (χ3n) is 0.868. The predicted octanol–water partition coefficient (Wildman–Crippen LogP) is 1.59. The summed E-state index contributed by atoms with van der Waals surface area (Å²) in [6.45, 7) is 3.16. The molecule has 68 valence electrons. The van der Waals surface area contributed by atoms with Gasteiger partial charge in [0, 0.05) is 12.9 Å². The van der Waals surface area contributed by atoms with Crippen LogP contribution in [0.15, 0.2) is 0 Å². The van der Waals surface area contributed by atoms with Gasteiger partial charge in [0.25, 0.3) is 0 Å². The first-order valence-electron chi connectivity index (χ1n) is 3.29. The van der Waals surface area contributed by atoms with E-state index in [4.69, 9.17) is 26.6 Å². The summed E-state index contributed by atoms with van der Waals surface area (Å²) < 4.78 is 10.0. The summed E-state index contributed by atoms with van der Waals surface area (Å²) in [5, 5.41) is 0. The highest BCUT2D eigenvalue weighted by molar-refractivity contribution is 8.68. The van der Waals surface area contributed by atoms with Crippen molar-refractivity contribution in [1.82, 2.24) is 0 Å². The van der Waals surface area contributed by atoms with Crippen molar-refractivity contribution in [3.63, 3.8) is 0 Å². The zero-order valence-corrected chi connectivity index (χ0v) is 9.31. The molecule has 0 aromatic carbocycles. The lowest BCUT2D eigenvalue weighted by molar-refractivity contribution is 0.219. The Kier molecular flexibility index (Phi) is 6.91. The standard InChI is InChI=1S/C5H14NO2PS2/c1-3-8-9(6,10)11-5-4-7-2/h3-5H2,1-2H3,(H2,6,10). The molecule has 0 aliphatic heterocycles. The van der Waals surface area contributed by atoms with Gasteiger partial charge in [-0.25, -0.2) is 0 Å². The number of methoxy groups -OCH3 is 1. The first-order chi connectivity index (χ1) is 5.12. The molecule has 0 saturated carbocycles. The van der Waals surface area contributed by atoms with Crippen LogP contribution in [0.5, 0.6) is 0 Å². The van der Waals surface area contributed by atoms with E-state index in [0.717, 1.165) is 5.75 Å². The molecule has 0 aromatic rings. The van der Waals surface area contributed by atoms with Gasteiger partial charge in [-0.1, -0.05) is 11.4 Å². The van der Waals surface area contributed by atoms with Gasteiger partial charge in [0.15, 0.2) is 5.62 Å². The summed E-state index contributed by atoms with van der Waals surface area (Å²) in [6, 6.07) is 0. The topological polar surface area (TPSA) is 44.5 Å². The van der Waals surface area contributed by atoms with Crippen molar-refractivity contribution in [3.8, 4) is 0 Å². The first-order valence-corrected chi connectivity index (χ1v) is 7.67. The molecule has 0 bridgehead atoms. The second-order valence-corrected chi connectivity index (χ2v) is 8.51. The van der Waals surface area contributed by atoms with Crippen LogP contribution in [-0.2, 0) is 21.1 Å². The van der Waals surface area contributed by atoms with Crippen molar-refractivity contribution in [2.24, 2.45) is 5.50 Å². The van der Waals surface area contributed by atoms with Crippen molar-refractivity contribution in [2.45, 2.75) is 6.92 Å². The Morgan fingerprint density at radius 3 is 2.73 bits per heavy atom. The van der Waals surface area contributed by atoms with Crippen LogP contribution in [0.1, 0.15) is 6.92 Å². The summed E-state index contributed by atoms with van der Waals surface area (Å²) in [7, 11) is 1.65. The molecule has 0 aliphatic carbocycles. The highest BCUT2D eigenvalue weighted by atomic mass is 32.9. The lowest BCUT2D eigenvalue weighted by atomic mass is 10.9. The van der Waals surface area contributed by atoms with Crippen LogP contribution in [0.4, 0.5) is 0 Å². The number of ether oxygens (including phenoxy) is 1. The SMILES string of the molecule is CCOP(N)(=S)SCCOC. The van der Waals surface area contributed by atoms with Crippen molar-refractivity contribution in [3.05, 3.63) is 0 Å². The predicted molar refractivity (Wildman–Crippen MR) is 54.4 cm³/mol. The quantitative estimate of drug-likeness (QED) is 0.538. The van der Waals surface area contributed by atoms with E-state index in [1.165, 1.54) is 11.4 Å². The molecule has 2 N–H and O–H groups in total. The van der Waals surface area contributed by atoms with Crippen LogP contribution >= 0.6 is 17.0 Å². The molecule has 6 heteroatoms. The molecule has 0 amide bonds. The maximum atomic E-state index is 5.68. The Bertz CT molecular complexity index is 144. The Hall–Kier alpha value is 0.880. The Morgan fingerprint density at radius 2 is 2.27 bits per heavy atom. The third kappa shape index (κ3) is 7.25. The lowest BCUT2D eigenvalue weighted by Gasteiger charge is -2.14. The summed E-state index contributed by atoms with van der Waals surface area (Å²) >= 11 is 6.51. The number of hydrogen-bond acceptors (Lipinski definition) is 4. The second-order valence-electron chi connectivity index (χ2n) is 1.78. The Balaban J connectivity index is 3.47. The summed E-state index contributed by atoms with van der Waals surface area (Å²) in [5.74, 6) is 0.810. The van der Waals surface area contributed by atoms with Crippen molar-refractivity contribution < 1.29 is 9.26 Å². The monoisotopic (exact) mass is 215 g/mol. The average molecular weight is 215 g/mol. The molecule has 0 rings (SSSR count). The van der Waals surface area contributed by atoms with Crippen LogP contribution in [0.3, 0.4) is 0 Å². The van der Waals surface area contributed by atoms with Crippen LogP contribution in [0.2, 0.25) is 0 Å². The second kappa shape index (κ2) is 6.40. The molecule has 0 aliphatic rings. The molecule has 3 nitrogen and oxygen atoms in total. The van der Waals surface area contributed by atoms with Gasteiger partial charge < -0.3 is 9.26 Å². The van der Waals surface area contributed by atoms with E-state index in [-0.39, 0.29) is 0 Å². The Labute approximate surface area is 76.9 Å². The minimum Gasteiger partial charge on any atom is -0.384 e. The highest BCUT2D eigenvalue weighted by Gasteiger charge is 2.09. The highest BCUT2D eigenvalue weighted by Crippen LogP contribution is 2.52. The van der Waals surface area contributed by atoms with Crippen LogP contribution in [0.25, 0.3) is 0 Å². The van der Waals surface area contributed by atoms with Crippen LogP contribution in [-0.4, -0.2) is 26.1 Å². The molecule has 0 spiro atoms. The third-order valence-corrected chi connectivity index (χ3v) is 5.40. The molecular formula is C5H14NO2PS2. The molecule has 1 unspecified atom stereocenters. The maximum absolute atomic E-state index is 5.68. The lowest BCUT2D eigenvalue weighted by Crippen LogP contribution is -1.99. The molecule has 11 heavy (non-hydrogen) atoms. The maximum Gasteiger partial charge on any atom is 0.183 e. The largest absolute Gasteiger partial charge is 0.384 e.